The fourth-order valence-corrected chi connectivity index (χ4v) is 3.29. The number of rotatable bonds is 6. The van der Waals surface area contributed by atoms with Gasteiger partial charge in [-0.05, 0) is 37.8 Å². The quantitative estimate of drug-likeness (QED) is 0.593. The molecule has 21 heavy (non-hydrogen) atoms. The van der Waals surface area contributed by atoms with Crippen molar-refractivity contribution in [3.8, 4) is 0 Å². The number of thioether (sulfide) groups is 1. The molecule has 1 fully saturated rings. The Morgan fingerprint density at radius 2 is 1.76 bits per heavy atom. The zero-order valence-electron chi connectivity index (χ0n) is 12.6. The molecule has 1 aromatic rings. The van der Waals surface area contributed by atoms with Gasteiger partial charge in [-0.25, -0.2) is 0 Å². The lowest BCUT2D eigenvalue weighted by Gasteiger charge is -2.26. The van der Waals surface area contributed by atoms with Gasteiger partial charge >= 0.3 is 0 Å². The number of hydrogen-bond donors (Lipinski definition) is 0. The summed E-state index contributed by atoms with van der Waals surface area (Å²) < 4.78 is 0. The normalized spacial score (nSPS) is 15.0. The molecule has 1 saturated heterocycles. The SMILES string of the molecule is CCCC(=O)c1ccc(SCC(=O)N2CCCCC2)cc1. The highest BCUT2D eigenvalue weighted by Crippen LogP contribution is 2.20. The lowest BCUT2D eigenvalue weighted by atomic mass is 10.1. The first-order valence-corrected chi connectivity index (χ1v) is 8.73. The zero-order chi connectivity index (χ0) is 15.1. The molecule has 1 aliphatic rings. The number of hydrogen-bond acceptors (Lipinski definition) is 3. The maximum Gasteiger partial charge on any atom is 0.232 e. The molecular formula is C17H23NO2S. The highest BCUT2D eigenvalue weighted by atomic mass is 32.2. The molecule has 2 rings (SSSR count). The van der Waals surface area contributed by atoms with E-state index in [4.69, 9.17) is 0 Å². The van der Waals surface area contributed by atoms with Crippen LogP contribution in [0.1, 0.15) is 49.4 Å². The molecule has 0 bridgehead atoms. The third-order valence-electron chi connectivity index (χ3n) is 3.72. The molecule has 0 aliphatic carbocycles. The summed E-state index contributed by atoms with van der Waals surface area (Å²) in [6.07, 6.45) is 4.97. The predicted molar refractivity (Wildman–Crippen MR) is 86.8 cm³/mol. The molecule has 4 heteroatoms. The minimum absolute atomic E-state index is 0.193. The van der Waals surface area contributed by atoms with Gasteiger partial charge in [-0.1, -0.05) is 19.1 Å². The summed E-state index contributed by atoms with van der Waals surface area (Å²) in [5.74, 6) is 0.909. The largest absolute Gasteiger partial charge is 0.342 e. The van der Waals surface area contributed by atoms with E-state index in [-0.39, 0.29) is 11.7 Å². The molecule has 1 aliphatic heterocycles. The van der Waals surface area contributed by atoms with E-state index in [1.54, 1.807) is 11.8 Å². The van der Waals surface area contributed by atoms with Crippen LogP contribution >= 0.6 is 11.8 Å². The molecule has 0 unspecified atom stereocenters. The Bertz CT molecular complexity index is 478. The third kappa shape index (κ3) is 4.88. The third-order valence-corrected chi connectivity index (χ3v) is 4.72. The van der Waals surface area contributed by atoms with E-state index in [2.05, 4.69) is 0 Å². The Kier molecular flexibility index (Phi) is 6.30. The number of amides is 1. The van der Waals surface area contributed by atoms with Crippen LogP contribution in [-0.2, 0) is 4.79 Å². The summed E-state index contributed by atoms with van der Waals surface area (Å²) in [6, 6.07) is 7.62. The van der Waals surface area contributed by atoms with Crippen LogP contribution in [0.2, 0.25) is 0 Å². The van der Waals surface area contributed by atoms with Gasteiger partial charge in [-0.15, -0.1) is 11.8 Å². The lowest BCUT2D eigenvalue weighted by molar-refractivity contribution is -0.129. The smallest absolute Gasteiger partial charge is 0.232 e. The maximum absolute atomic E-state index is 12.1. The van der Waals surface area contributed by atoms with Gasteiger partial charge < -0.3 is 4.90 Å². The van der Waals surface area contributed by atoms with Gasteiger partial charge in [0.2, 0.25) is 5.91 Å². The highest BCUT2D eigenvalue weighted by Gasteiger charge is 2.16. The van der Waals surface area contributed by atoms with Crippen LogP contribution in [0.25, 0.3) is 0 Å². The molecule has 0 atom stereocenters. The van der Waals surface area contributed by atoms with Gasteiger partial charge in [0, 0.05) is 30.0 Å². The Hall–Kier alpha value is -1.29. The molecule has 0 radical (unpaired) electrons. The number of nitrogens with zero attached hydrogens (tertiary/aromatic N) is 1. The zero-order valence-corrected chi connectivity index (χ0v) is 13.5. The molecule has 1 amide bonds. The fourth-order valence-electron chi connectivity index (χ4n) is 2.49. The Morgan fingerprint density at radius 1 is 1.10 bits per heavy atom. The second kappa shape index (κ2) is 8.23. The van der Waals surface area contributed by atoms with E-state index in [0.717, 1.165) is 42.8 Å². The summed E-state index contributed by atoms with van der Waals surface area (Å²) in [5, 5.41) is 0. The first kappa shape index (κ1) is 16.1. The van der Waals surface area contributed by atoms with Gasteiger partial charge in [-0.2, -0.15) is 0 Å². The van der Waals surface area contributed by atoms with Crippen molar-refractivity contribution in [2.24, 2.45) is 0 Å². The van der Waals surface area contributed by atoms with Crippen molar-refractivity contribution in [1.29, 1.82) is 0 Å². The van der Waals surface area contributed by atoms with Crippen molar-refractivity contribution in [1.82, 2.24) is 4.90 Å². The van der Waals surface area contributed by atoms with E-state index in [1.807, 2.05) is 36.1 Å². The van der Waals surface area contributed by atoms with Gasteiger partial charge in [0.1, 0.15) is 0 Å². The van der Waals surface area contributed by atoms with Crippen molar-refractivity contribution in [3.05, 3.63) is 29.8 Å². The first-order chi connectivity index (χ1) is 10.2. The summed E-state index contributed by atoms with van der Waals surface area (Å²) in [4.78, 5) is 26.9. The van der Waals surface area contributed by atoms with Crippen LogP contribution < -0.4 is 0 Å². The minimum Gasteiger partial charge on any atom is -0.342 e. The topological polar surface area (TPSA) is 37.4 Å². The highest BCUT2D eigenvalue weighted by molar-refractivity contribution is 8.00. The second-order valence-electron chi connectivity index (χ2n) is 5.43. The Labute approximate surface area is 131 Å². The van der Waals surface area contributed by atoms with Crippen molar-refractivity contribution < 1.29 is 9.59 Å². The summed E-state index contributed by atoms with van der Waals surface area (Å²) in [6.45, 7) is 3.82. The predicted octanol–water partition coefficient (Wildman–Crippen LogP) is 3.77. The lowest BCUT2D eigenvalue weighted by Crippen LogP contribution is -2.36. The molecule has 0 saturated carbocycles. The number of carbonyl (C=O) groups is 2. The molecular weight excluding hydrogens is 282 g/mol. The van der Waals surface area contributed by atoms with Crippen LogP contribution in [0.4, 0.5) is 0 Å². The summed E-state index contributed by atoms with van der Waals surface area (Å²) in [7, 11) is 0. The van der Waals surface area contributed by atoms with Gasteiger partial charge in [-0.3, -0.25) is 9.59 Å². The van der Waals surface area contributed by atoms with E-state index in [1.165, 1.54) is 6.42 Å². The molecule has 1 aromatic carbocycles. The van der Waals surface area contributed by atoms with Gasteiger partial charge in [0.25, 0.3) is 0 Å². The molecule has 114 valence electrons. The Balaban J connectivity index is 1.83. The van der Waals surface area contributed by atoms with Crippen LogP contribution in [0.5, 0.6) is 0 Å². The van der Waals surface area contributed by atoms with Crippen molar-refractivity contribution in [2.45, 2.75) is 43.9 Å². The number of ketones is 1. The van der Waals surface area contributed by atoms with E-state index in [9.17, 15) is 9.59 Å². The maximum atomic E-state index is 12.1. The molecule has 1 heterocycles. The monoisotopic (exact) mass is 305 g/mol. The standard InChI is InChI=1S/C17H23NO2S/c1-2-6-16(19)14-7-9-15(10-8-14)21-13-17(20)18-11-4-3-5-12-18/h7-10H,2-6,11-13H2,1H3. The molecule has 0 N–H and O–H groups in total. The number of Topliss-reactive ketones (excluding diaryl/α,β-unsaturated/α-hetero) is 1. The van der Waals surface area contributed by atoms with Gasteiger partial charge in [0.05, 0.1) is 5.75 Å². The second-order valence-corrected chi connectivity index (χ2v) is 6.48. The van der Waals surface area contributed by atoms with E-state index in [0.29, 0.717) is 12.2 Å². The van der Waals surface area contributed by atoms with Crippen LogP contribution in [-0.4, -0.2) is 35.4 Å². The number of benzene rings is 1. The van der Waals surface area contributed by atoms with E-state index < -0.39 is 0 Å². The Morgan fingerprint density at radius 3 is 2.38 bits per heavy atom. The summed E-state index contributed by atoms with van der Waals surface area (Å²) >= 11 is 1.55. The van der Waals surface area contributed by atoms with Crippen molar-refractivity contribution >= 4 is 23.5 Å². The van der Waals surface area contributed by atoms with Crippen LogP contribution in [0.3, 0.4) is 0 Å². The van der Waals surface area contributed by atoms with Crippen LogP contribution in [0.15, 0.2) is 29.2 Å². The van der Waals surface area contributed by atoms with Crippen molar-refractivity contribution in [2.75, 3.05) is 18.8 Å². The average Bonchev–Trinajstić information content (AvgIpc) is 2.54. The fraction of sp³-hybridized carbons (Fsp3) is 0.529. The number of likely N-dealkylation sites (tertiary alicyclic amines) is 1. The summed E-state index contributed by atoms with van der Waals surface area (Å²) in [5.41, 5.74) is 0.767. The number of carbonyl (C=O) groups excluding carboxylic acids is 2. The first-order valence-electron chi connectivity index (χ1n) is 7.74. The molecule has 3 nitrogen and oxygen atoms in total. The number of piperidine rings is 1. The molecule has 0 spiro atoms. The van der Waals surface area contributed by atoms with Crippen LogP contribution in [0, 0.1) is 0 Å². The van der Waals surface area contributed by atoms with Crippen molar-refractivity contribution in [3.63, 3.8) is 0 Å². The minimum atomic E-state index is 0.193. The molecule has 0 aromatic heterocycles. The average molecular weight is 305 g/mol. The van der Waals surface area contributed by atoms with E-state index >= 15 is 0 Å². The van der Waals surface area contributed by atoms with Gasteiger partial charge in [0.15, 0.2) is 5.78 Å².